The van der Waals surface area contributed by atoms with Crippen molar-refractivity contribution in [3.05, 3.63) is 0 Å². The first-order valence-corrected chi connectivity index (χ1v) is 6.43. The average molecular weight is 231 g/mol. The summed E-state index contributed by atoms with van der Waals surface area (Å²) in [7, 11) is 0. The van der Waals surface area contributed by atoms with Crippen molar-refractivity contribution in [2.75, 3.05) is 32.9 Å². The molecule has 2 N–H and O–H groups in total. The third kappa shape index (κ3) is 8.08. The van der Waals surface area contributed by atoms with Gasteiger partial charge in [0.25, 0.3) is 0 Å². The second-order valence-electron chi connectivity index (χ2n) is 5.29. The van der Waals surface area contributed by atoms with Crippen LogP contribution in [0.5, 0.6) is 0 Å². The van der Waals surface area contributed by atoms with Gasteiger partial charge in [-0.2, -0.15) is 0 Å². The maximum Gasteiger partial charge on any atom is 0.0590 e. The topological polar surface area (TPSA) is 41.5 Å². The molecule has 0 aliphatic carbocycles. The molecule has 0 fully saturated rings. The van der Waals surface area contributed by atoms with Crippen LogP contribution in [0.2, 0.25) is 0 Å². The molecule has 3 heteroatoms. The van der Waals surface area contributed by atoms with E-state index in [0.29, 0.717) is 5.92 Å². The molecule has 1 unspecified atom stereocenters. The van der Waals surface area contributed by atoms with E-state index >= 15 is 0 Å². The first-order chi connectivity index (χ1) is 7.54. The minimum Gasteiger partial charge on any atom is -0.396 e. The lowest BCUT2D eigenvalue weighted by Crippen LogP contribution is -2.35. The Morgan fingerprint density at radius 1 is 1.31 bits per heavy atom. The molecule has 3 nitrogen and oxygen atoms in total. The van der Waals surface area contributed by atoms with Gasteiger partial charge in [0.2, 0.25) is 0 Å². The zero-order valence-electron chi connectivity index (χ0n) is 11.4. The van der Waals surface area contributed by atoms with Crippen molar-refractivity contribution in [3.8, 4) is 0 Å². The van der Waals surface area contributed by atoms with Crippen molar-refractivity contribution in [3.63, 3.8) is 0 Å². The van der Waals surface area contributed by atoms with Gasteiger partial charge in [0.05, 0.1) is 6.61 Å². The van der Waals surface area contributed by atoms with E-state index in [4.69, 9.17) is 4.74 Å². The molecule has 0 heterocycles. The Hall–Kier alpha value is -0.120. The molecule has 98 valence electrons. The lowest BCUT2D eigenvalue weighted by Gasteiger charge is -2.25. The molecule has 0 aromatic heterocycles. The maximum absolute atomic E-state index is 9.22. The average Bonchev–Trinajstić information content (AvgIpc) is 2.27. The Kier molecular flexibility index (Phi) is 8.90. The SMILES string of the molecule is CCC(C)(CO)CNCCOCCC(C)C. The molecule has 0 aromatic carbocycles. The molecule has 0 radical (unpaired) electrons. The lowest BCUT2D eigenvalue weighted by atomic mass is 9.89. The Bertz CT molecular complexity index is 156. The van der Waals surface area contributed by atoms with Crippen molar-refractivity contribution in [2.24, 2.45) is 11.3 Å². The van der Waals surface area contributed by atoms with E-state index in [1.54, 1.807) is 0 Å². The summed E-state index contributed by atoms with van der Waals surface area (Å²) in [6, 6.07) is 0. The minimum absolute atomic E-state index is 0.0118. The van der Waals surface area contributed by atoms with Crippen molar-refractivity contribution < 1.29 is 9.84 Å². The van der Waals surface area contributed by atoms with Gasteiger partial charge in [-0.25, -0.2) is 0 Å². The van der Waals surface area contributed by atoms with Crippen LogP contribution in [0.15, 0.2) is 0 Å². The molecule has 0 aromatic rings. The van der Waals surface area contributed by atoms with E-state index in [-0.39, 0.29) is 12.0 Å². The van der Waals surface area contributed by atoms with Gasteiger partial charge in [0.1, 0.15) is 0 Å². The highest BCUT2D eigenvalue weighted by Crippen LogP contribution is 2.17. The Morgan fingerprint density at radius 3 is 2.50 bits per heavy atom. The summed E-state index contributed by atoms with van der Waals surface area (Å²) in [4.78, 5) is 0. The predicted molar refractivity (Wildman–Crippen MR) is 68.6 cm³/mol. The van der Waals surface area contributed by atoms with E-state index in [0.717, 1.165) is 39.1 Å². The highest BCUT2D eigenvalue weighted by atomic mass is 16.5. The molecule has 1 atom stereocenters. The van der Waals surface area contributed by atoms with Crippen LogP contribution in [-0.4, -0.2) is 38.0 Å². The predicted octanol–water partition coefficient (Wildman–Crippen LogP) is 2.05. The van der Waals surface area contributed by atoms with Crippen molar-refractivity contribution >= 4 is 0 Å². The summed E-state index contributed by atoms with van der Waals surface area (Å²) >= 11 is 0. The largest absolute Gasteiger partial charge is 0.396 e. The Balaban J connectivity index is 3.33. The standard InChI is InChI=1S/C13H29NO2/c1-5-13(4,11-15)10-14-7-9-16-8-6-12(2)3/h12,14-15H,5-11H2,1-4H3. The van der Waals surface area contributed by atoms with Gasteiger partial charge in [0, 0.05) is 31.7 Å². The number of hydrogen-bond acceptors (Lipinski definition) is 3. The first-order valence-electron chi connectivity index (χ1n) is 6.43. The summed E-state index contributed by atoms with van der Waals surface area (Å²) in [6.45, 7) is 12.2. The number of rotatable bonds is 10. The molecule has 0 spiro atoms. The van der Waals surface area contributed by atoms with Crippen LogP contribution in [0.1, 0.15) is 40.5 Å². The molecule has 0 bridgehead atoms. The molecule has 0 amide bonds. The van der Waals surface area contributed by atoms with Gasteiger partial charge in [-0.3, -0.25) is 0 Å². The molecule has 16 heavy (non-hydrogen) atoms. The fraction of sp³-hybridized carbons (Fsp3) is 1.00. The molecule has 0 saturated heterocycles. The maximum atomic E-state index is 9.22. The number of aliphatic hydroxyl groups is 1. The zero-order valence-corrected chi connectivity index (χ0v) is 11.4. The fourth-order valence-corrected chi connectivity index (χ4v) is 1.25. The molecule has 0 rings (SSSR count). The molecule has 0 aliphatic heterocycles. The van der Waals surface area contributed by atoms with Crippen LogP contribution in [-0.2, 0) is 4.74 Å². The summed E-state index contributed by atoms with van der Waals surface area (Å²) in [6.07, 6.45) is 2.12. The van der Waals surface area contributed by atoms with E-state index < -0.39 is 0 Å². The number of ether oxygens (including phenoxy) is 1. The third-order valence-corrected chi connectivity index (χ3v) is 3.05. The van der Waals surface area contributed by atoms with E-state index in [1.165, 1.54) is 0 Å². The molecule has 0 saturated carbocycles. The van der Waals surface area contributed by atoms with Crippen molar-refractivity contribution in [1.82, 2.24) is 5.32 Å². The normalized spacial score (nSPS) is 15.4. The summed E-state index contributed by atoms with van der Waals surface area (Å²) in [5.41, 5.74) is 0.0118. The Morgan fingerprint density at radius 2 is 2.00 bits per heavy atom. The van der Waals surface area contributed by atoms with Gasteiger partial charge in [-0.15, -0.1) is 0 Å². The quantitative estimate of drug-likeness (QED) is 0.565. The highest BCUT2D eigenvalue weighted by Gasteiger charge is 2.19. The van der Waals surface area contributed by atoms with Gasteiger partial charge < -0.3 is 15.2 Å². The lowest BCUT2D eigenvalue weighted by molar-refractivity contribution is 0.111. The van der Waals surface area contributed by atoms with Crippen LogP contribution in [0, 0.1) is 11.3 Å². The van der Waals surface area contributed by atoms with E-state index in [9.17, 15) is 5.11 Å². The molecular weight excluding hydrogens is 202 g/mol. The van der Waals surface area contributed by atoms with Crippen LogP contribution in [0.25, 0.3) is 0 Å². The number of hydrogen-bond donors (Lipinski definition) is 2. The number of nitrogens with one attached hydrogen (secondary N) is 1. The molecular formula is C13H29NO2. The first kappa shape index (κ1) is 15.9. The van der Waals surface area contributed by atoms with Crippen LogP contribution in [0.3, 0.4) is 0 Å². The van der Waals surface area contributed by atoms with Crippen LogP contribution < -0.4 is 5.32 Å². The van der Waals surface area contributed by atoms with Gasteiger partial charge >= 0.3 is 0 Å². The monoisotopic (exact) mass is 231 g/mol. The fourth-order valence-electron chi connectivity index (χ4n) is 1.25. The Labute approximate surface area is 101 Å². The van der Waals surface area contributed by atoms with Gasteiger partial charge in [0.15, 0.2) is 0 Å². The smallest absolute Gasteiger partial charge is 0.0590 e. The summed E-state index contributed by atoms with van der Waals surface area (Å²) in [5, 5.41) is 12.5. The third-order valence-electron chi connectivity index (χ3n) is 3.05. The zero-order chi connectivity index (χ0) is 12.4. The van der Waals surface area contributed by atoms with Crippen molar-refractivity contribution in [1.29, 1.82) is 0 Å². The molecule has 0 aliphatic rings. The van der Waals surface area contributed by atoms with E-state index in [1.807, 2.05) is 0 Å². The van der Waals surface area contributed by atoms with Gasteiger partial charge in [-0.1, -0.05) is 27.7 Å². The van der Waals surface area contributed by atoms with Crippen molar-refractivity contribution in [2.45, 2.75) is 40.5 Å². The highest BCUT2D eigenvalue weighted by molar-refractivity contribution is 4.73. The summed E-state index contributed by atoms with van der Waals surface area (Å²) in [5.74, 6) is 0.714. The second kappa shape index (κ2) is 8.97. The minimum atomic E-state index is 0.0118. The van der Waals surface area contributed by atoms with Gasteiger partial charge in [-0.05, 0) is 18.8 Å². The van der Waals surface area contributed by atoms with Crippen LogP contribution in [0.4, 0.5) is 0 Å². The van der Waals surface area contributed by atoms with Crippen LogP contribution >= 0.6 is 0 Å². The summed E-state index contributed by atoms with van der Waals surface area (Å²) < 4.78 is 5.50. The van der Waals surface area contributed by atoms with E-state index in [2.05, 4.69) is 33.0 Å². The number of aliphatic hydroxyl groups excluding tert-OH is 1. The second-order valence-corrected chi connectivity index (χ2v) is 5.29.